The van der Waals surface area contributed by atoms with Gasteiger partial charge in [0.15, 0.2) is 0 Å². The Balaban J connectivity index is 1.68. The summed E-state index contributed by atoms with van der Waals surface area (Å²) in [7, 11) is 0. The molecule has 0 saturated carbocycles. The Morgan fingerprint density at radius 2 is 1.89 bits per heavy atom. The van der Waals surface area contributed by atoms with Crippen LogP contribution in [0.3, 0.4) is 0 Å². The fourth-order valence-electron chi connectivity index (χ4n) is 3.31. The largest absolute Gasteiger partial charge is 0.350 e. The van der Waals surface area contributed by atoms with Crippen molar-refractivity contribution in [3.05, 3.63) is 88.1 Å². The van der Waals surface area contributed by atoms with E-state index in [9.17, 15) is 14.0 Å². The van der Waals surface area contributed by atoms with E-state index in [0.717, 1.165) is 11.1 Å². The molecule has 0 bridgehead atoms. The number of benzene rings is 2. The van der Waals surface area contributed by atoms with Gasteiger partial charge in [0.05, 0.1) is 11.0 Å². The van der Waals surface area contributed by atoms with Gasteiger partial charge in [-0.05, 0) is 42.8 Å². The van der Waals surface area contributed by atoms with Crippen molar-refractivity contribution in [1.29, 1.82) is 0 Å². The van der Waals surface area contributed by atoms with Crippen LogP contribution in [-0.4, -0.2) is 14.9 Å². The highest BCUT2D eigenvalue weighted by Gasteiger charge is 2.14. The van der Waals surface area contributed by atoms with Crippen LogP contribution in [0.4, 0.5) is 4.39 Å². The number of carbonyl (C=O) groups excluding carboxylic acids is 1. The molecule has 0 fully saturated rings. The van der Waals surface area contributed by atoms with Crippen LogP contribution >= 0.6 is 0 Å². The SMILES string of the molecule is Cc1cccc(CNC(=O)Cn2c(=O)c3cccn3c3ccc(F)cc32)c1. The summed E-state index contributed by atoms with van der Waals surface area (Å²) in [6.07, 6.45) is 1.75. The Hall–Kier alpha value is -3.41. The Morgan fingerprint density at radius 1 is 1.04 bits per heavy atom. The molecule has 1 amide bonds. The molecule has 5 nitrogen and oxygen atoms in total. The van der Waals surface area contributed by atoms with Crippen LogP contribution in [-0.2, 0) is 17.9 Å². The minimum absolute atomic E-state index is 0.174. The number of halogens is 1. The lowest BCUT2D eigenvalue weighted by molar-refractivity contribution is -0.121. The first kappa shape index (κ1) is 17.0. The normalized spacial score (nSPS) is 11.2. The highest BCUT2D eigenvalue weighted by Crippen LogP contribution is 2.16. The Bertz CT molecular complexity index is 1220. The van der Waals surface area contributed by atoms with Gasteiger partial charge in [-0.15, -0.1) is 0 Å². The van der Waals surface area contributed by atoms with Gasteiger partial charge in [0, 0.05) is 12.7 Å². The molecule has 27 heavy (non-hydrogen) atoms. The molecule has 0 saturated heterocycles. The predicted octanol–water partition coefficient (Wildman–Crippen LogP) is 3.02. The van der Waals surface area contributed by atoms with Crippen LogP contribution in [0.15, 0.2) is 65.6 Å². The predicted molar refractivity (Wildman–Crippen MR) is 102 cm³/mol. The minimum Gasteiger partial charge on any atom is -0.350 e. The zero-order valence-corrected chi connectivity index (χ0v) is 14.8. The highest BCUT2D eigenvalue weighted by molar-refractivity contribution is 5.82. The van der Waals surface area contributed by atoms with Crippen LogP contribution < -0.4 is 10.9 Å². The second-order valence-corrected chi connectivity index (χ2v) is 6.55. The maximum Gasteiger partial charge on any atom is 0.275 e. The van der Waals surface area contributed by atoms with Gasteiger partial charge in [0.25, 0.3) is 5.56 Å². The highest BCUT2D eigenvalue weighted by atomic mass is 19.1. The Morgan fingerprint density at radius 3 is 2.70 bits per heavy atom. The van der Waals surface area contributed by atoms with Gasteiger partial charge in [-0.1, -0.05) is 29.8 Å². The number of rotatable bonds is 4. The van der Waals surface area contributed by atoms with E-state index in [1.54, 1.807) is 28.8 Å². The molecule has 4 rings (SSSR count). The van der Waals surface area contributed by atoms with E-state index in [0.29, 0.717) is 23.1 Å². The molecule has 1 N–H and O–H groups in total. The van der Waals surface area contributed by atoms with Gasteiger partial charge >= 0.3 is 0 Å². The van der Waals surface area contributed by atoms with E-state index in [1.807, 2.05) is 31.2 Å². The first-order valence-corrected chi connectivity index (χ1v) is 8.64. The van der Waals surface area contributed by atoms with E-state index < -0.39 is 5.82 Å². The number of hydrogen-bond acceptors (Lipinski definition) is 2. The molecule has 0 spiro atoms. The molecule has 4 aromatic rings. The monoisotopic (exact) mass is 363 g/mol. The average molecular weight is 363 g/mol. The molecule has 0 unspecified atom stereocenters. The lowest BCUT2D eigenvalue weighted by Gasteiger charge is -2.13. The number of aryl methyl sites for hydroxylation is 1. The van der Waals surface area contributed by atoms with Crippen molar-refractivity contribution in [2.45, 2.75) is 20.0 Å². The summed E-state index contributed by atoms with van der Waals surface area (Å²) in [5, 5.41) is 2.82. The third-order valence-electron chi connectivity index (χ3n) is 4.57. The summed E-state index contributed by atoms with van der Waals surface area (Å²) in [4.78, 5) is 25.3. The van der Waals surface area contributed by atoms with Crippen LogP contribution in [0.2, 0.25) is 0 Å². The molecule has 6 heteroatoms. The van der Waals surface area contributed by atoms with Gasteiger partial charge in [0.2, 0.25) is 5.91 Å². The number of nitrogens with one attached hydrogen (secondary N) is 1. The lowest BCUT2D eigenvalue weighted by Crippen LogP contribution is -2.33. The first-order valence-electron chi connectivity index (χ1n) is 8.64. The van der Waals surface area contributed by atoms with Crippen molar-refractivity contribution in [3.8, 4) is 0 Å². The zero-order chi connectivity index (χ0) is 19.0. The molecule has 2 aromatic carbocycles. The topological polar surface area (TPSA) is 55.5 Å². The summed E-state index contributed by atoms with van der Waals surface area (Å²) in [5.41, 5.74) is 3.26. The van der Waals surface area contributed by atoms with Crippen LogP contribution in [0.1, 0.15) is 11.1 Å². The molecule has 0 aliphatic heterocycles. The van der Waals surface area contributed by atoms with Crippen molar-refractivity contribution >= 4 is 22.5 Å². The molecule has 0 aliphatic rings. The second-order valence-electron chi connectivity index (χ2n) is 6.55. The summed E-state index contributed by atoms with van der Waals surface area (Å²) < 4.78 is 16.8. The minimum atomic E-state index is -0.456. The zero-order valence-electron chi connectivity index (χ0n) is 14.8. The van der Waals surface area contributed by atoms with E-state index in [2.05, 4.69) is 5.32 Å². The number of nitrogens with zero attached hydrogens (tertiary/aromatic N) is 2. The quantitative estimate of drug-likeness (QED) is 0.606. The second kappa shape index (κ2) is 6.72. The van der Waals surface area contributed by atoms with E-state index in [4.69, 9.17) is 0 Å². The molecule has 2 heterocycles. The van der Waals surface area contributed by atoms with Crippen molar-refractivity contribution in [2.75, 3.05) is 0 Å². The maximum atomic E-state index is 13.8. The van der Waals surface area contributed by atoms with Crippen molar-refractivity contribution in [3.63, 3.8) is 0 Å². The maximum absolute atomic E-state index is 13.8. The van der Waals surface area contributed by atoms with E-state index in [1.165, 1.54) is 16.7 Å². The van der Waals surface area contributed by atoms with Gasteiger partial charge < -0.3 is 9.72 Å². The van der Waals surface area contributed by atoms with E-state index in [-0.39, 0.29) is 18.0 Å². The summed E-state index contributed by atoms with van der Waals surface area (Å²) >= 11 is 0. The van der Waals surface area contributed by atoms with Crippen LogP contribution in [0, 0.1) is 12.7 Å². The van der Waals surface area contributed by atoms with Crippen molar-refractivity contribution < 1.29 is 9.18 Å². The van der Waals surface area contributed by atoms with E-state index >= 15 is 0 Å². The lowest BCUT2D eigenvalue weighted by atomic mass is 10.1. The fourth-order valence-corrected chi connectivity index (χ4v) is 3.31. The van der Waals surface area contributed by atoms with Crippen LogP contribution in [0.25, 0.3) is 16.6 Å². The van der Waals surface area contributed by atoms with Gasteiger partial charge in [-0.25, -0.2) is 4.39 Å². The van der Waals surface area contributed by atoms with Crippen LogP contribution in [0.5, 0.6) is 0 Å². The number of amides is 1. The van der Waals surface area contributed by atoms with Gasteiger partial charge in [-0.2, -0.15) is 0 Å². The summed E-state index contributed by atoms with van der Waals surface area (Å²) in [6, 6.07) is 15.5. The number of carbonyl (C=O) groups is 1. The molecule has 0 radical (unpaired) electrons. The molecule has 0 atom stereocenters. The molecule has 136 valence electrons. The Labute approximate surface area is 154 Å². The van der Waals surface area contributed by atoms with Gasteiger partial charge in [-0.3, -0.25) is 14.2 Å². The first-order chi connectivity index (χ1) is 13.0. The third kappa shape index (κ3) is 3.21. The molecular formula is C21H18FN3O2. The number of aromatic nitrogens is 2. The number of fused-ring (bicyclic) bond motifs is 3. The summed E-state index contributed by atoms with van der Waals surface area (Å²) in [5.74, 6) is -0.762. The molecule has 2 aromatic heterocycles. The van der Waals surface area contributed by atoms with Gasteiger partial charge in [0.1, 0.15) is 17.9 Å². The van der Waals surface area contributed by atoms with Crippen molar-refractivity contribution in [1.82, 2.24) is 14.3 Å². The molecule has 0 aliphatic carbocycles. The average Bonchev–Trinajstić information content (AvgIpc) is 3.13. The Kier molecular flexibility index (Phi) is 4.24. The number of hydrogen-bond donors (Lipinski definition) is 1. The smallest absolute Gasteiger partial charge is 0.275 e. The summed E-state index contributed by atoms with van der Waals surface area (Å²) in [6.45, 7) is 2.18. The standard InChI is InChI=1S/C21H18FN3O2/c1-14-4-2-5-15(10-14)12-23-20(26)13-25-19-11-16(22)7-8-17(19)24-9-3-6-18(24)21(25)27/h2-11H,12-13H2,1H3,(H,23,26). The molecular weight excluding hydrogens is 345 g/mol. The van der Waals surface area contributed by atoms with Crippen molar-refractivity contribution in [2.24, 2.45) is 0 Å². The fraction of sp³-hybridized carbons (Fsp3) is 0.143. The third-order valence-corrected chi connectivity index (χ3v) is 4.57.